The lowest BCUT2D eigenvalue weighted by Gasteiger charge is -2.22. The second-order valence-corrected chi connectivity index (χ2v) is 5.02. The molecule has 0 amide bonds. The molecule has 0 saturated heterocycles. The Morgan fingerprint density at radius 1 is 1.22 bits per heavy atom. The van der Waals surface area contributed by atoms with Crippen molar-refractivity contribution in [1.82, 2.24) is 15.0 Å². The summed E-state index contributed by atoms with van der Waals surface area (Å²) in [6.45, 7) is 8.02. The average molecular weight is 240 g/mol. The van der Waals surface area contributed by atoms with Crippen LogP contribution in [0.2, 0.25) is 0 Å². The molecule has 92 valence electrons. The molecule has 0 saturated carbocycles. The van der Waals surface area contributed by atoms with Gasteiger partial charge in [0.15, 0.2) is 5.65 Å². The van der Waals surface area contributed by atoms with E-state index in [0.717, 1.165) is 11.2 Å². The van der Waals surface area contributed by atoms with Crippen molar-refractivity contribution < 1.29 is 0 Å². The van der Waals surface area contributed by atoms with Crippen LogP contribution in [-0.2, 0) is 0 Å². The second kappa shape index (κ2) is 4.61. The van der Waals surface area contributed by atoms with E-state index >= 15 is 0 Å². The summed E-state index contributed by atoms with van der Waals surface area (Å²) in [6, 6.07) is 3.84. The molecule has 1 N–H and O–H groups in total. The molecule has 0 spiro atoms. The first-order valence-electron chi connectivity index (χ1n) is 5.83. The zero-order valence-corrected chi connectivity index (χ0v) is 11.1. The zero-order chi connectivity index (χ0) is 13.2. The maximum absolute atomic E-state index is 4.44. The highest BCUT2D eigenvalue weighted by Crippen LogP contribution is 2.21. The molecule has 4 heteroatoms. The van der Waals surface area contributed by atoms with Crippen LogP contribution in [0.4, 0.5) is 5.82 Å². The molecule has 0 fully saturated rings. The number of aromatic nitrogens is 3. The van der Waals surface area contributed by atoms with Crippen LogP contribution in [0, 0.1) is 11.8 Å². The highest BCUT2D eigenvalue weighted by Gasteiger charge is 2.14. The van der Waals surface area contributed by atoms with E-state index in [9.17, 15) is 0 Å². The van der Waals surface area contributed by atoms with Gasteiger partial charge in [0.1, 0.15) is 5.82 Å². The van der Waals surface area contributed by atoms with E-state index in [2.05, 4.69) is 52.9 Å². The van der Waals surface area contributed by atoms with Crippen LogP contribution < -0.4 is 5.32 Å². The Kier molecular flexibility index (Phi) is 3.15. The number of nitrogens with zero attached hydrogens (tertiary/aromatic N) is 3. The molecule has 2 aromatic heterocycles. The number of fused-ring (bicyclic) bond motifs is 1. The van der Waals surface area contributed by atoms with Crippen molar-refractivity contribution in [2.75, 3.05) is 5.32 Å². The highest BCUT2D eigenvalue weighted by molar-refractivity contribution is 5.86. The van der Waals surface area contributed by atoms with Crippen molar-refractivity contribution in [3.05, 3.63) is 24.2 Å². The van der Waals surface area contributed by atoms with Gasteiger partial charge in [-0.1, -0.05) is 5.92 Å². The van der Waals surface area contributed by atoms with Crippen LogP contribution in [0.1, 0.15) is 33.5 Å². The van der Waals surface area contributed by atoms with E-state index in [1.807, 2.05) is 12.1 Å². The van der Waals surface area contributed by atoms with Crippen molar-refractivity contribution in [3.8, 4) is 11.8 Å². The van der Waals surface area contributed by atoms with E-state index in [1.54, 1.807) is 13.1 Å². The predicted octanol–water partition coefficient (Wildman–Crippen LogP) is 2.61. The molecule has 18 heavy (non-hydrogen) atoms. The Labute approximate surface area is 107 Å². The average Bonchev–Trinajstić information content (AvgIpc) is 2.27. The van der Waals surface area contributed by atoms with Crippen LogP contribution in [0.15, 0.2) is 18.3 Å². The number of nitrogens with one attached hydrogen (secondary N) is 1. The SMILES string of the molecule is CC#Cc1nc(NC(C)(C)C)c2cccnc2n1. The predicted molar refractivity (Wildman–Crippen MR) is 73.3 cm³/mol. The number of rotatable bonds is 1. The summed E-state index contributed by atoms with van der Waals surface area (Å²) in [5.74, 6) is 6.95. The molecule has 0 aliphatic heterocycles. The monoisotopic (exact) mass is 240 g/mol. The first kappa shape index (κ1) is 12.3. The topological polar surface area (TPSA) is 50.7 Å². The summed E-state index contributed by atoms with van der Waals surface area (Å²) >= 11 is 0. The lowest BCUT2D eigenvalue weighted by molar-refractivity contribution is 0.631. The highest BCUT2D eigenvalue weighted by atomic mass is 15.1. The van der Waals surface area contributed by atoms with Gasteiger partial charge in [0.2, 0.25) is 5.82 Å². The summed E-state index contributed by atoms with van der Waals surface area (Å²) in [7, 11) is 0. The summed E-state index contributed by atoms with van der Waals surface area (Å²) < 4.78 is 0. The molecule has 0 aliphatic carbocycles. The first-order valence-corrected chi connectivity index (χ1v) is 5.83. The van der Waals surface area contributed by atoms with E-state index in [0.29, 0.717) is 11.5 Å². The third-order valence-electron chi connectivity index (χ3n) is 2.20. The molecule has 2 rings (SSSR count). The van der Waals surface area contributed by atoms with Crippen LogP contribution in [0.3, 0.4) is 0 Å². The number of anilines is 1. The summed E-state index contributed by atoms with van der Waals surface area (Å²) in [6.07, 6.45) is 1.72. The van der Waals surface area contributed by atoms with Gasteiger partial charge < -0.3 is 5.32 Å². The summed E-state index contributed by atoms with van der Waals surface area (Å²) in [5.41, 5.74) is 0.589. The van der Waals surface area contributed by atoms with Crippen LogP contribution in [-0.4, -0.2) is 20.5 Å². The molecule has 0 aromatic carbocycles. The van der Waals surface area contributed by atoms with Crippen molar-refractivity contribution in [1.29, 1.82) is 0 Å². The number of hydrogen-bond donors (Lipinski definition) is 1. The van der Waals surface area contributed by atoms with Gasteiger partial charge in [0, 0.05) is 11.7 Å². The summed E-state index contributed by atoms with van der Waals surface area (Å²) in [4.78, 5) is 13.0. The van der Waals surface area contributed by atoms with E-state index < -0.39 is 0 Å². The third kappa shape index (κ3) is 2.75. The molecule has 0 aliphatic rings. The Bertz CT molecular complexity index is 630. The minimum absolute atomic E-state index is 0.0754. The number of pyridine rings is 1. The molecular formula is C14H16N4. The van der Waals surface area contributed by atoms with E-state index in [-0.39, 0.29) is 5.54 Å². The van der Waals surface area contributed by atoms with Gasteiger partial charge in [-0.25, -0.2) is 15.0 Å². The van der Waals surface area contributed by atoms with Gasteiger partial charge in [0.05, 0.1) is 5.39 Å². The molecule has 0 radical (unpaired) electrons. The molecule has 4 nitrogen and oxygen atoms in total. The lowest BCUT2D eigenvalue weighted by Crippen LogP contribution is -2.27. The normalized spacial score (nSPS) is 10.9. The van der Waals surface area contributed by atoms with Crippen LogP contribution >= 0.6 is 0 Å². The second-order valence-electron chi connectivity index (χ2n) is 5.02. The lowest BCUT2D eigenvalue weighted by atomic mass is 10.1. The molecule has 2 aromatic rings. The van der Waals surface area contributed by atoms with E-state index in [4.69, 9.17) is 0 Å². The van der Waals surface area contributed by atoms with Crippen molar-refractivity contribution in [2.45, 2.75) is 33.2 Å². The van der Waals surface area contributed by atoms with Crippen molar-refractivity contribution in [2.24, 2.45) is 0 Å². The largest absolute Gasteiger partial charge is 0.365 e. The minimum Gasteiger partial charge on any atom is -0.365 e. The Morgan fingerprint density at radius 3 is 2.67 bits per heavy atom. The molecular weight excluding hydrogens is 224 g/mol. The van der Waals surface area contributed by atoms with Gasteiger partial charge in [-0.05, 0) is 45.7 Å². The Hall–Kier alpha value is -2.15. The van der Waals surface area contributed by atoms with Gasteiger partial charge >= 0.3 is 0 Å². The third-order valence-corrected chi connectivity index (χ3v) is 2.20. The first-order chi connectivity index (χ1) is 8.49. The fraction of sp³-hybridized carbons (Fsp3) is 0.357. The van der Waals surface area contributed by atoms with Gasteiger partial charge in [-0.15, -0.1) is 0 Å². The van der Waals surface area contributed by atoms with E-state index in [1.165, 1.54) is 0 Å². The van der Waals surface area contributed by atoms with Gasteiger partial charge in [-0.3, -0.25) is 0 Å². The molecule has 0 bridgehead atoms. The van der Waals surface area contributed by atoms with Crippen LogP contribution in [0.5, 0.6) is 0 Å². The van der Waals surface area contributed by atoms with Gasteiger partial charge in [-0.2, -0.15) is 0 Å². The summed E-state index contributed by atoms with van der Waals surface area (Å²) in [5, 5.41) is 4.28. The smallest absolute Gasteiger partial charge is 0.208 e. The maximum atomic E-state index is 4.44. The molecule has 2 heterocycles. The van der Waals surface area contributed by atoms with Crippen molar-refractivity contribution >= 4 is 16.9 Å². The zero-order valence-electron chi connectivity index (χ0n) is 11.1. The Morgan fingerprint density at radius 2 is 2.00 bits per heavy atom. The standard InChI is InChI=1S/C14H16N4/c1-5-7-11-16-12-10(8-6-9-15-12)13(17-11)18-14(2,3)4/h6,8-9H,1-4H3,(H,15,16,17,18). The molecule has 0 atom stereocenters. The number of hydrogen-bond acceptors (Lipinski definition) is 4. The van der Waals surface area contributed by atoms with Crippen molar-refractivity contribution in [3.63, 3.8) is 0 Å². The van der Waals surface area contributed by atoms with Gasteiger partial charge in [0.25, 0.3) is 0 Å². The molecule has 0 unspecified atom stereocenters. The minimum atomic E-state index is -0.0754. The van der Waals surface area contributed by atoms with Crippen LogP contribution in [0.25, 0.3) is 11.0 Å². The maximum Gasteiger partial charge on any atom is 0.208 e. The Balaban J connectivity index is 2.63. The fourth-order valence-electron chi connectivity index (χ4n) is 1.58. The quantitative estimate of drug-likeness (QED) is 0.778. The fourth-order valence-corrected chi connectivity index (χ4v) is 1.58.